The van der Waals surface area contributed by atoms with Crippen LogP contribution in [0.15, 0.2) is 24.8 Å². The Balaban J connectivity index is 3.13. The van der Waals surface area contributed by atoms with E-state index in [1.54, 1.807) is 0 Å². The van der Waals surface area contributed by atoms with Crippen molar-refractivity contribution in [2.45, 2.75) is 12.6 Å². The van der Waals surface area contributed by atoms with E-state index in [4.69, 9.17) is 5.73 Å². The van der Waals surface area contributed by atoms with E-state index in [0.717, 1.165) is 12.1 Å². The zero-order valence-corrected chi connectivity index (χ0v) is 8.44. The summed E-state index contributed by atoms with van der Waals surface area (Å²) in [5, 5.41) is 0. The Morgan fingerprint density at radius 3 is 2.44 bits per heavy atom. The molecular formula is C11H11F4N. The third-order valence-electron chi connectivity index (χ3n) is 2.13. The number of rotatable bonds is 3. The topological polar surface area (TPSA) is 26.0 Å². The van der Waals surface area contributed by atoms with Crippen molar-refractivity contribution in [3.8, 4) is 0 Å². The Morgan fingerprint density at radius 2 is 1.94 bits per heavy atom. The molecule has 1 aromatic carbocycles. The second kappa shape index (κ2) is 4.65. The first-order chi connectivity index (χ1) is 7.36. The molecular weight excluding hydrogens is 222 g/mol. The van der Waals surface area contributed by atoms with Crippen molar-refractivity contribution < 1.29 is 17.6 Å². The molecule has 0 unspecified atom stereocenters. The predicted molar refractivity (Wildman–Crippen MR) is 54.1 cm³/mol. The highest BCUT2D eigenvalue weighted by atomic mass is 19.4. The van der Waals surface area contributed by atoms with E-state index >= 15 is 0 Å². The minimum Gasteiger partial charge on any atom is -0.330 e. The second-order valence-electron chi connectivity index (χ2n) is 3.33. The van der Waals surface area contributed by atoms with Crippen molar-refractivity contribution in [3.63, 3.8) is 0 Å². The largest absolute Gasteiger partial charge is 0.419 e. The molecule has 1 nitrogen and oxygen atoms in total. The van der Waals surface area contributed by atoms with Crippen LogP contribution in [0.2, 0.25) is 0 Å². The van der Waals surface area contributed by atoms with Gasteiger partial charge in [-0.25, -0.2) is 4.39 Å². The smallest absolute Gasteiger partial charge is 0.330 e. The summed E-state index contributed by atoms with van der Waals surface area (Å²) >= 11 is 0. The van der Waals surface area contributed by atoms with Gasteiger partial charge in [0, 0.05) is 0 Å². The van der Waals surface area contributed by atoms with Gasteiger partial charge in [0.25, 0.3) is 0 Å². The Kier molecular flexibility index (Phi) is 3.70. The summed E-state index contributed by atoms with van der Waals surface area (Å²) < 4.78 is 50.1. The zero-order valence-electron chi connectivity index (χ0n) is 8.44. The van der Waals surface area contributed by atoms with Crippen LogP contribution in [-0.2, 0) is 6.18 Å². The summed E-state index contributed by atoms with van der Waals surface area (Å²) in [6, 6.07) is 2.82. The fourth-order valence-electron chi connectivity index (χ4n) is 1.28. The molecule has 1 aromatic rings. The maximum atomic E-state index is 12.9. The van der Waals surface area contributed by atoms with Crippen LogP contribution < -0.4 is 5.73 Å². The van der Waals surface area contributed by atoms with E-state index in [9.17, 15) is 17.6 Å². The van der Waals surface area contributed by atoms with Crippen LogP contribution in [0, 0.1) is 5.82 Å². The molecule has 5 heteroatoms. The van der Waals surface area contributed by atoms with Gasteiger partial charge in [0.05, 0.1) is 5.56 Å². The highest BCUT2D eigenvalue weighted by molar-refractivity contribution is 5.64. The molecule has 0 atom stereocenters. The van der Waals surface area contributed by atoms with Crippen LogP contribution >= 0.6 is 0 Å². The molecule has 0 fully saturated rings. The normalized spacial score (nSPS) is 11.6. The average molecular weight is 233 g/mol. The lowest BCUT2D eigenvalue weighted by atomic mass is 10.0. The Labute approximate surface area is 90.6 Å². The van der Waals surface area contributed by atoms with Gasteiger partial charge in [0.15, 0.2) is 0 Å². The van der Waals surface area contributed by atoms with E-state index < -0.39 is 17.6 Å². The lowest BCUT2D eigenvalue weighted by Crippen LogP contribution is -2.09. The summed E-state index contributed by atoms with van der Waals surface area (Å²) in [6.45, 7) is 3.89. The summed E-state index contributed by atoms with van der Waals surface area (Å²) in [5.74, 6) is -1.28. The predicted octanol–water partition coefficient (Wildman–Crippen LogP) is 3.21. The first-order valence-electron chi connectivity index (χ1n) is 4.61. The summed E-state index contributed by atoms with van der Waals surface area (Å²) in [4.78, 5) is 0. The molecule has 0 bridgehead atoms. The molecule has 0 aliphatic rings. The molecule has 1 rings (SSSR count). The van der Waals surface area contributed by atoms with Crippen molar-refractivity contribution in [1.29, 1.82) is 0 Å². The van der Waals surface area contributed by atoms with Gasteiger partial charge in [0.2, 0.25) is 0 Å². The first kappa shape index (κ1) is 12.7. The van der Waals surface area contributed by atoms with Crippen LogP contribution in [0.1, 0.15) is 17.5 Å². The minimum atomic E-state index is -4.69. The quantitative estimate of drug-likeness (QED) is 0.797. The van der Waals surface area contributed by atoms with E-state index in [1.165, 1.54) is 6.07 Å². The highest BCUT2D eigenvalue weighted by Gasteiger charge is 2.34. The molecule has 0 saturated carbocycles. The molecule has 0 amide bonds. The number of halogens is 4. The van der Waals surface area contributed by atoms with Crippen LogP contribution in [0.5, 0.6) is 0 Å². The van der Waals surface area contributed by atoms with Crippen LogP contribution in [0.25, 0.3) is 5.57 Å². The van der Waals surface area contributed by atoms with Crippen LogP contribution in [0.4, 0.5) is 17.6 Å². The van der Waals surface area contributed by atoms with Gasteiger partial charge in [-0.3, -0.25) is 0 Å². The summed E-state index contributed by atoms with van der Waals surface area (Å²) in [6.07, 6.45) is -4.31. The third kappa shape index (κ3) is 2.82. The second-order valence-corrected chi connectivity index (χ2v) is 3.33. The SMILES string of the molecule is C=C(CCN)c1ccc(F)c(C(F)(F)F)c1. The van der Waals surface area contributed by atoms with Gasteiger partial charge in [0.1, 0.15) is 5.82 Å². The Bertz CT molecular complexity index is 395. The van der Waals surface area contributed by atoms with Crippen molar-refractivity contribution >= 4 is 5.57 Å². The van der Waals surface area contributed by atoms with Gasteiger partial charge in [-0.1, -0.05) is 12.6 Å². The molecule has 16 heavy (non-hydrogen) atoms. The zero-order chi connectivity index (χ0) is 12.3. The lowest BCUT2D eigenvalue weighted by Gasteiger charge is -2.11. The number of hydrogen-bond acceptors (Lipinski definition) is 1. The molecule has 0 heterocycles. The molecule has 0 radical (unpaired) electrons. The molecule has 0 aromatic heterocycles. The number of hydrogen-bond donors (Lipinski definition) is 1. The number of benzene rings is 1. The van der Waals surface area contributed by atoms with E-state index in [0.29, 0.717) is 12.0 Å². The fraction of sp³-hybridized carbons (Fsp3) is 0.273. The van der Waals surface area contributed by atoms with E-state index in [1.807, 2.05) is 0 Å². The minimum absolute atomic E-state index is 0.263. The van der Waals surface area contributed by atoms with E-state index in [-0.39, 0.29) is 12.1 Å². The van der Waals surface area contributed by atoms with Gasteiger partial charge in [-0.05, 0) is 36.2 Å². The number of nitrogens with two attached hydrogens (primary N) is 1. The molecule has 0 spiro atoms. The number of alkyl halides is 3. The van der Waals surface area contributed by atoms with Crippen molar-refractivity contribution in [1.82, 2.24) is 0 Å². The van der Waals surface area contributed by atoms with Crippen LogP contribution in [0.3, 0.4) is 0 Å². The summed E-state index contributed by atoms with van der Waals surface area (Å²) in [5.41, 5.74) is 4.72. The molecule has 0 aliphatic heterocycles. The fourth-order valence-corrected chi connectivity index (χ4v) is 1.28. The molecule has 0 saturated heterocycles. The monoisotopic (exact) mass is 233 g/mol. The maximum absolute atomic E-state index is 12.9. The Hall–Kier alpha value is -1.36. The van der Waals surface area contributed by atoms with Gasteiger partial charge >= 0.3 is 6.18 Å². The molecule has 88 valence electrons. The van der Waals surface area contributed by atoms with Crippen LogP contribution in [-0.4, -0.2) is 6.54 Å². The highest BCUT2D eigenvalue weighted by Crippen LogP contribution is 2.33. The first-order valence-corrected chi connectivity index (χ1v) is 4.61. The Morgan fingerprint density at radius 1 is 1.31 bits per heavy atom. The maximum Gasteiger partial charge on any atom is 0.419 e. The van der Waals surface area contributed by atoms with Gasteiger partial charge in [-0.2, -0.15) is 13.2 Å². The van der Waals surface area contributed by atoms with Gasteiger partial charge < -0.3 is 5.73 Å². The van der Waals surface area contributed by atoms with Gasteiger partial charge in [-0.15, -0.1) is 0 Å². The molecule has 0 aliphatic carbocycles. The van der Waals surface area contributed by atoms with Crippen molar-refractivity contribution in [2.24, 2.45) is 5.73 Å². The summed E-state index contributed by atoms with van der Waals surface area (Å²) in [7, 11) is 0. The van der Waals surface area contributed by atoms with Crippen molar-refractivity contribution in [2.75, 3.05) is 6.54 Å². The standard InChI is InChI=1S/C11H11F4N/c1-7(4-5-16)8-2-3-10(12)9(6-8)11(13,14)15/h2-3,6H,1,4-5,16H2. The van der Waals surface area contributed by atoms with Crippen molar-refractivity contribution in [3.05, 3.63) is 41.7 Å². The lowest BCUT2D eigenvalue weighted by molar-refractivity contribution is -0.140. The van der Waals surface area contributed by atoms with E-state index in [2.05, 4.69) is 6.58 Å². The molecule has 2 N–H and O–H groups in total. The third-order valence-corrected chi connectivity index (χ3v) is 2.13. The average Bonchev–Trinajstić information content (AvgIpc) is 2.16.